The quantitative estimate of drug-likeness (QED) is 0.837. The van der Waals surface area contributed by atoms with E-state index in [9.17, 15) is 4.79 Å². The van der Waals surface area contributed by atoms with E-state index in [2.05, 4.69) is 17.6 Å². The Bertz CT molecular complexity index is 401. The monoisotopic (exact) mass is 248 g/mol. The van der Waals surface area contributed by atoms with Crippen molar-refractivity contribution in [1.29, 1.82) is 0 Å². The van der Waals surface area contributed by atoms with Crippen molar-refractivity contribution in [2.24, 2.45) is 0 Å². The van der Waals surface area contributed by atoms with Gasteiger partial charge in [-0.15, -0.1) is 0 Å². The number of hydrogen-bond acceptors (Lipinski definition) is 3. The Balaban J connectivity index is 1.93. The number of rotatable bonds is 5. The van der Waals surface area contributed by atoms with E-state index in [4.69, 9.17) is 4.74 Å². The molecule has 0 aliphatic carbocycles. The Morgan fingerprint density at radius 2 is 2.39 bits per heavy atom. The third kappa shape index (κ3) is 3.55. The predicted octanol–water partition coefficient (Wildman–Crippen LogP) is 1.91. The number of hydrogen-bond donors (Lipinski definition) is 2. The van der Waals surface area contributed by atoms with Gasteiger partial charge in [-0.05, 0) is 37.1 Å². The molecule has 1 aliphatic heterocycles. The first-order chi connectivity index (χ1) is 8.79. The molecule has 1 heterocycles. The van der Waals surface area contributed by atoms with E-state index in [-0.39, 0.29) is 12.0 Å². The molecule has 1 unspecified atom stereocenters. The van der Waals surface area contributed by atoms with Crippen LogP contribution < -0.4 is 10.6 Å². The molecule has 0 radical (unpaired) electrons. The van der Waals surface area contributed by atoms with Crippen molar-refractivity contribution in [3.05, 3.63) is 29.8 Å². The molecule has 2 N–H and O–H groups in total. The molecule has 1 fully saturated rings. The Morgan fingerprint density at radius 3 is 3.11 bits per heavy atom. The van der Waals surface area contributed by atoms with Crippen LogP contribution in [0.15, 0.2) is 24.3 Å². The van der Waals surface area contributed by atoms with Crippen LogP contribution in [-0.2, 0) is 16.1 Å². The highest BCUT2D eigenvalue weighted by Gasteiger charge is 2.23. The van der Waals surface area contributed by atoms with Gasteiger partial charge in [0.2, 0.25) is 0 Å². The third-order valence-electron chi connectivity index (χ3n) is 3.00. The molecule has 0 aromatic heterocycles. The van der Waals surface area contributed by atoms with E-state index in [0.717, 1.165) is 31.6 Å². The number of carbonyl (C=O) groups excluding carboxylic acids is 1. The van der Waals surface area contributed by atoms with E-state index in [1.165, 1.54) is 5.56 Å². The van der Waals surface area contributed by atoms with Crippen molar-refractivity contribution in [1.82, 2.24) is 5.32 Å². The first-order valence-electron chi connectivity index (χ1n) is 6.51. The van der Waals surface area contributed by atoms with Gasteiger partial charge in [-0.1, -0.05) is 19.1 Å². The SMILES string of the molecule is CCNCc1cccc(NC(=O)C2CCCO2)c1. The van der Waals surface area contributed by atoms with Gasteiger partial charge >= 0.3 is 0 Å². The smallest absolute Gasteiger partial charge is 0.253 e. The molecule has 1 aromatic rings. The molecule has 1 aliphatic rings. The normalized spacial score (nSPS) is 18.8. The number of carbonyl (C=O) groups is 1. The lowest BCUT2D eigenvalue weighted by atomic mass is 10.2. The van der Waals surface area contributed by atoms with Gasteiger partial charge in [0.25, 0.3) is 5.91 Å². The molecule has 4 heteroatoms. The second kappa shape index (κ2) is 6.52. The molecular weight excluding hydrogens is 228 g/mol. The summed E-state index contributed by atoms with van der Waals surface area (Å²) in [7, 11) is 0. The average molecular weight is 248 g/mol. The van der Waals surface area contributed by atoms with Crippen molar-refractivity contribution in [3.8, 4) is 0 Å². The fourth-order valence-corrected chi connectivity index (χ4v) is 2.04. The Kier molecular flexibility index (Phi) is 4.73. The van der Waals surface area contributed by atoms with Crippen LogP contribution in [0.3, 0.4) is 0 Å². The third-order valence-corrected chi connectivity index (χ3v) is 3.00. The van der Waals surface area contributed by atoms with Crippen LogP contribution in [0.2, 0.25) is 0 Å². The molecule has 1 atom stereocenters. The van der Waals surface area contributed by atoms with Crippen molar-refractivity contribution in [3.63, 3.8) is 0 Å². The minimum absolute atomic E-state index is 0.0342. The van der Waals surface area contributed by atoms with E-state index >= 15 is 0 Å². The molecule has 1 amide bonds. The highest BCUT2D eigenvalue weighted by Crippen LogP contribution is 2.16. The van der Waals surface area contributed by atoms with Crippen LogP contribution in [0.4, 0.5) is 5.69 Å². The molecule has 0 spiro atoms. The van der Waals surface area contributed by atoms with Crippen LogP contribution in [0, 0.1) is 0 Å². The van der Waals surface area contributed by atoms with Gasteiger partial charge in [0.1, 0.15) is 6.10 Å². The lowest BCUT2D eigenvalue weighted by Gasteiger charge is -2.11. The molecule has 1 aromatic carbocycles. The second-order valence-electron chi connectivity index (χ2n) is 4.47. The highest BCUT2D eigenvalue weighted by atomic mass is 16.5. The number of ether oxygens (including phenoxy) is 1. The summed E-state index contributed by atoms with van der Waals surface area (Å²) in [6, 6.07) is 7.90. The van der Waals surface area contributed by atoms with Gasteiger partial charge in [0.05, 0.1) is 0 Å². The molecular formula is C14H20N2O2. The maximum atomic E-state index is 11.9. The molecule has 1 saturated heterocycles. The highest BCUT2D eigenvalue weighted by molar-refractivity contribution is 5.94. The van der Waals surface area contributed by atoms with Crippen LogP contribution >= 0.6 is 0 Å². The second-order valence-corrected chi connectivity index (χ2v) is 4.47. The summed E-state index contributed by atoms with van der Waals surface area (Å²) in [6.07, 6.45) is 1.52. The predicted molar refractivity (Wildman–Crippen MR) is 71.4 cm³/mol. The average Bonchev–Trinajstić information content (AvgIpc) is 2.91. The van der Waals surface area contributed by atoms with E-state index < -0.39 is 0 Å². The summed E-state index contributed by atoms with van der Waals surface area (Å²) in [5.74, 6) is -0.0342. The summed E-state index contributed by atoms with van der Waals surface area (Å²) in [6.45, 7) is 4.52. The van der Waals surface area contributed by atoms with Crippen molar-refractivity contribution >= 4 is 11.6 Å². The minimum atomic E-state index is -0.276. The molecule has 98 valence electrons. The summed E-state index contributed by atoms with van der Waals surface area (Å²) < 4.78 is 5.36. The number of amides is 1. The molecule has 0 saturated carbocycles. The molecule has 2 rings (SSSR count). The van der Waals surface area contributed by atoms with Gasteiger partial charge in [-0.25, -0.2) is 0 Å². The Hall–Kier alpha value is -1.39. The zero-order valence-corrected chi connectivity index (χ0v) is 10.7. The van der Waals surface area contributed by atoms with Gasteiger partial charge in [0.15, 0.2) is 0 Å². The van der Waals surface area contributed by atoms with Crippen LogP contribution in [0.5, 0.6) is 0 Å². The minimum Gasteiger partial charge on any atom is -0.368 e. The fourth-order valence-electron chi connectivity index (χ4n) is 2.04. The first kappa shape index (κ1) is 13.1. The Labute approximate surface area is 108 Å². The van der Waals surface area contributed by atoms with Gasteiger partial charge in [-0.2, -0.15) is 0 Å². The summed E-state index contributed by atoms with van der Waals surface area (Å²) in [5, 5.41) is 6.17. The molecule has 4 nitrogen and oxygen atoms in total. The maximum Gasteiger partial charge on any atom is 0.253 e. The lowest BCUT2D eigenvalue weighted by molar-refractivity contribution is -0.124. The number of anilines is 1. The van der Waals surface area contributed by atoms with Crippen LogP contribution in [0.1, 0.15) is 25.3 Å². The van der Waals surface area contributed by atoms with Crippen molar-refractivity contribution in [2.75, 3.05) is 18.5 Å². The maximum absolute atomic E-state index is 11.9. The van der Waals surface area contributed by atoms with E-state index in [1.54, 1.807) is 0 Å². The summed E-state index contributed by atoms with van der Waals surface area (Å²) in [5.41, 5.74) is 2.01. The topological polar surface area (TPSA) is 50.4 Å². The van der Waals surface area contributed by atoms with E-state index in [1.807, 2.05) is 24.3 Å². The van der Waals surface area contributed by atoms with E-state index in [0.29, 0.717) is 6.61 Å². The van der Waals surface area contributed by atoms with Gasteiger partial charge in [0, 0.05) is 18.8 Å². The summed E-state index contributed by atoms with van der Waals surface area (Å²) in [4.78, 5) is 11.9. The summed E-state index contributed by atoms with van der Waals surface area (Å²) >= 11 is 0. The fraction of sp³-hybridized carbons (Fsp3) is 0.500. The lowest BCUT2D eigenvalue weighted by Crippen LogP contribution is -2.26. The molecule has 0 bridgehead atoms. The zero-order valence-electron chi connectivity index (χ0n) is 10.7. The first-order valence-corrected chi connectivity index (χ1v) is 6.51. The van der Waals surface area contributed by atoms with Crippen LogP contribution in [0.25, 0.3) is 0 Å². The number of nitrogens with one attached hydrogen (secondary N) is 2. The van der Waals surface area contributed by atoms with Crippen molar-refractivity contribution in [2.45, 2.75) is 32.4 Å². The largest absolute Gasteiger partial charge is 0.368 e. The Morgan fingerprint density at radius 1 is 1.50 bits per heavy atom. The molecule has 18 heavy (non-hydrogen) atoms. The van der Waals surface area contributed by atoms with Crippen LogP contribution in [-0.4, -0.2) is 25.2 Å². The number of benzene rings is 1. The van der Waals surface area contributed by atoms with Gasteiger partial charge in [-0.3, -0.25) is 4.79 Å². The zero-order chi connectivity index (χ0) is 12.8. The van der Waals surface area contributed by atoms with Crippen molar-refractivity contribution < 1.29 is 9.53 Å². The standard InChI is InChI=1S/C14H20N2O2/c1-2-15-10-11-5-3-6-12(9-11)16-14(17)13-7-4-8-18-13/h3,5-6,9,13,15H,2,4,7-8,10H2,1H3,(H,16,17). The van der Waals surface area contributed by atoms with Gasteiger partial charge < -0.3 is 15.4 Å².